The van der Waals surface area contributed by atoms with Gasteiger partial charge in [-0.1, -0.05) is 18.2 Å². The molecule has 0 unspecified atom stereocenters. The molecule has 0 aromatic heterocycles. The number of carbonyl (C=O) groups is 1. The molecule has 1 atom stereocenters. The summed E-state index contributed by atoms with van der Waals surface area (Å²) in [5.41, 5.74) is 0.394. The van der Waals surface area contributed by atoms with Gasteiger partial charge in [-0.25, -0.2) is 18.6 Å². The monoisotopic (exact) mass is 357 g/mol. The van der Waals surface area contributed by atoms with Crippen LogP contribution < -0.4 is 4.74 Å². The van der Waals surface area contributed by atoms with Crippen molar-refractivity contribution in [2.75, 3.05) is 13.1 Å². The van der Waals surface area contributed by atoms with E-state index in [0.29, 0.717) is 25.1 Å². The van der Waals surface area contributed by atoms with E-state index in [4.69, 9.17) is 4.74 Å². The number of hydrazone groups is 1. The standard InChI is InChI=1S/C19H17F2N3O2/c20-14-8-13(9-15(21)10-14)18-6-7-22-24(18)19(25)23-11-17(12-23)26-16-4-2-1-3-5-16/h1-5,7-10,17-18H,6,11-12H2/t18-/m0/s1. The number of urea groups is 1. The van der Waals surface area contributed by atoms with E-state index >= 15 is 0 Å². The predicted octanol–water partition coefficient (Wildman–Crippen LogP) is 3.58. The minimum Gasteiger partial charge on any atom is -0.487 e. The fourth-order valence-electron chi connectivity index (χ4n) is 3.15. The summed E-state index contributed by atoms with van der Waals surface area (Å²) in [6.45, 7) is 0.897. The molecule has 1 saturated heterocycles. The molecule has 0 bridgehead atoms. The Morgan fingerprint density at radius 2 is 1.77 bits per heavy atom. The quantitative estimate of drug-likeness (QED) is 0.843. The maximum absolute atomic E-state index is 13.5. The Labute approximate surface area is 149 Å². The Morgan fingerprint density at radius 3 is 2.46 bits per heavy atom. The van der Waals surface area contributed by atoms with Crippen LogP contribution in [0.4, 0.5) is 13.6 Å². The number of para-hydroxylation sites is 1. The number of nitrogens with zero attached hydrogens (tertiary/aromatic N) is 3. The lowest BCUT2D eigenvalue weighted by atomic mass is 10.0. The van der Waals surface area contributed by atoms with Gasteiger partial charge >= 0.3 is 6.03 Å². The third-order valence-electron chi connectivity index (χ3n) is 4.46. The number of benzene rings is 2. The SMILES string of the molecule is O=C(N1CC(Oc2ccccc2)C1)N1N=CC[C@H]1c1cc(F)cc(F)c1. The lowest BCUT2D eigenvalue weighted by Gasteiger charge is -2.41. The maximum Gasteiger partial charge on any atom is 0.341 e. The third kappa shape index (κ3) is 3.24. The largest absolute Gasteiger partial charge is 0.487 e. The van der Waals surface area contributed by atoms with E-state index in [1.54, 1.807) is 11.1 Å². The first-order valence-electron chi connectivity index (χ1n) is 8.38. The zero-order valence-corrected chi connectivity index (χ0v) is 13.9. The van der Waals surface area contributed by atoms with Gasteiger partial charge in [-0.05, 0) is 29.8 Å². The van der Waals surface area contributed by atoms with Crippen molar-refractivity contribution in [3.63, 3.8) is 0 Å². The van der Waals surface area contributed by atoms with Crippen LogP contribution in [0.25, 0.3) is 0 Å². The Kier molecular flexibility index (Phi) is 4.28. The molecule has 2 aromatic carbocycles. The number of rotatable bonds is 3. The highest BCUT2D eigenvalue weighted by molar-refractivity contribution is 5.79. The predicted molar refractivity (Wildman–Crippen MR) is 91.9 cm³/mol. The lowest BCUT2D eigenvalue weighted by molar-refractivity contribution is 0.0277. The zero-order valence-electron chi connectivity index (χ0n) is 13.9. The molecule has 2 aromatic rings. The van der Waals surface area contributed by atoms with Crippen molar-refractivity contribution >= 4 is 12.2 Å². The van der Waals surface area contributed by atoms with Crippen molar-refractivity contribution in [1.29, 1.82) is 0 Å². The molecule has 1 fully saturated rings. The lowest BCUT2D eigenvalue weighted by Crippen LogP contribution is -2.58. The van der Waals surface area contributed by atoms with Gasteiger partial charge in [0, 0.05) is 18.7 Å². The molecule has 26 heavy (non-hydrogen) atoms. The van der Waals surface area contributed by atoms with E-state index in [1.165, 1.54) is 17.1 Å². The van der Waals surface area contributed by atoms with E-state index in [1.807, 2.05) is 30.3 Å². The second kappa shape index (κ2) is 6.74. The van der Waals surface area contributed by atoms with Gasteiger partial charge in [-0.15, -0.1) is 0 Å². The highest BCUT2D eigenvalue weighted by Crippen LogP contribution is 2.31. The average Bonchev–Trinajstić information content (AvgIpc) is 3.07. The average molecular weight is 357 g/mol. The molecule has 0 saturated carbocycles. The fraction of sp³-hybridized carbons (Fsp3) is 0.263. The van der Waals surface area contributed by atoms with Gasteiger partial charge in [0.05, 0.1) is 19.1 Å². The van der Waals surface area contributed by atoms with Crippen LogP contribution in [0.2, 0.25) is 0 Å². The maximum atomic E-state index is 13.5. The van der Waals surface area contributed by atoms with Crippen LogP contribution in [0.1, 0.15) is 18.0 Å². The normalized spacial score (nSPS) is 19.5. The number of hydrogen-bond acceptors (Lipinski definition) is 3. The van der Waals surface area contributed by atoms with Crippen LogP contribution in [0.3, 0.4) is 0 Å². The molecule has 0 spiro atoms. The molecule has 0 radical (unpaired) electrons. The second-order valence-corrected chi connectivity index (χ2v) is 6.34. The molecule has 0 N–H and O–H groups in total. The molecule has 4 rings (SSSR count). The summed E-state index contributed by atoms with van der Waals surface area (Å²) >= 11 is 0. The number of carbonyl (C=O) groups excluding carboxylic acids is 1. The number of hydrogen-bond donors (Lipinski definition) is 0. The van der Waals surface area contributed by atoms with Crippen molar-refractivity contribution in [2.45, 2.75) is 18.6 Å². The highest BCUT2D eigenvalue weighted by Gasteiger charge is 2.39. The Balaban J connectivity index is 1.39. The molecule has 2 amide bonds. The van der Waals surface area contributed by atoms with E-state index < -0.39 is 17.7 Å². The van der Waals surface area contributed by atoms with E-state index in [2.05, 4.69) is 5.10 Å². The summed E-state index contributed by atoms with van der Waals surface area (Å²) in [5.74, 6) is -0.573. The van der Waals surface area contributed by atoms with Crippen LogP contribution in [0, 0.1) is 11.6 Å². The Bertz CT molecular complexity index is 818. The summed E-state index contributed by atoms with van der Waals surface area (Å²) in [7, 11) is 0. The number of ether oxygens (including phenoxy) is 1. The van der Waals surface area contributed by atoms with Gasteiger partial charge < -0.3 is 9.64 Å². The zero-order chi connectivity index (χ0) is 18.1. The molecule has 7 heteroatoms. The first-order chi connectivity index (χ1) is 12.6. The topological polar surface area (TPSA) is 45.1 Å². The van der Waals surface area contributed by atoms with Gasteiger partial charge in [-0.2, -0.15) is 5.10 Å². The number of likely N-dealkylation sites (tertiary alicyclic amines) is 1. The third-order valence-corrected chi connectivity index (χ3v) is 4.46. The minimum absolute atomic E-state index is 0.0713. The van der Waals surface area contributed by atoms with Crippen LogP contribution in [-0.4, -0.2) is 41.3 Å². The second-order valence-electron chi connectivity index (χ2n) is 6.34. The summed E-state index contributed by atoms with van der Waals surface area (Å²) in [4.78, 5) is 14.3. The van der Waals surface area contributed by atoms with E-state index in [-0.39, 0.29) is 12.1 Å². The van der Waals surface area contributed by atoms with Crippen LogP contribution in [-0.2, 0) is 0 Å². The van der Waals surface area contributed by atoms with Crippen LogP contribution >= 0.6 is 0 Å². The first-order valence-corrected chi connectivity index (χ1v) is 8.38. The summed E-state index contributed by atoms with van der Waals surface area (Å²) in [6, 6.07) is 11.9. The minimum atomic E-state index is -0.667. The highest BCUT2D eigenvalue weighted by atomic mass is 19.1. The molecule has 5 nitrogen and oxygen atoms in total. The molecule has 134 valence electrons. The van der Waals surface area contributed by atoms with Crippen molar-refractivity contribution in [3.8, 4) is 5.75 Å². The summed E-state index contributed by atoms with van der Waals surface area (Å²) < 4.78 is 32.8. The number of amides is 2. The molecule has 2 heterocycles. The van der Waals surface area contributed by atoms with Gasteiger partial charge in [0.25, 0.3) is 0 Å². The van der Waals surface area contributed by atoms with Crippen LogP contribution in [0.5, 0.6) is 5.75 Å². The number of halogens is 2. The van der Waals surface area contributed by atoms with Crippen molar-refractivity contribution in [1.82, 2.24) is 9.91 Å². The van der Waals surface area contributed by atoms with Gasteiger partial charge in [0.2, 0.25) is 0 Å². The molecular weight excluding hydrogens is 340 g/mol. The van der Waals surface area contributed by atoms with Crippen molar-refractivity contribution < 1.29 is 18.3 Å². The molecule has 2 aliphatic heterocycles. The molecule has 0 aliphatic carbocycles. The van der Waals surface area contributed by atoms with Gasteiger partial charge in [0.1, 0.15) is 23.5 Å². The smallest absolute Gasteiger partial charge is 0.341 e. The molecular formula is C19H17F2N3O2. The first kappa shape index (κ1) is 16.5. The summed E-state index contributed by atoms with van der Waals surface area (Å²) in [5, 5.41) is 5.38. The fourth-order valence-corrected chi connectivity index (χ4v) is 3.15. The van der Waals surface area contributed by atoms with Crippen molar-refractivity contribution in [2.24, 2.45) is 5.10 Å². The van der Waals surface area contributed by atoms with E-state index in [0.717, 1.165) is 11.8 Å². The van der Waals surface area contributed by atoms with Crippen LogP contribution in [0.15, 0.2) is 53.6 Å². The Morgan fingerprint density at radius 1 is 1.08 bits per heavy atom. The van der Waals surface area contributed by atoms with Crippen molar-refractivity contribution in [3.05, 3.63) is 65.7 Å². The Hall–Kier alpha value is -2.96. The van der Waals surface area contributed by atoms with Gasteiger partial charge in [0.15, 0.2) is 0 Å². The molecule has 2 aliphatic rings. The van der Waals surface area contributed by atoms with E-state index in [9.17, 15) is 13.6 Å². The summed E-state index contributed by atoms with van der Waals surface area (Å²) in [6.07, 6.45) is 1.94. The van der Waals surface area contributed by atoms with Gasteiger partial charge in [-0.3, -0.25) is 0 Å².